The summed E-state index contributed by atoms with van der Waals surface area (Å²) >= 11 is 12.6. The van der Waals surface area contributed by atoms with E-state index in [2.05, 4.69) is 4.99 Å². The molecule has 0 aromatic heterocycles. The Balaban J connectivity index is 1.85. The Labute approximate surface area is 175 Å². The highest BCUT2D eigenvalue weighted by Crippen LogP contribution is 2.37. The minimum Gasteiger partial charge on any atom is -0.490 e. The van der Waals surface area contributed by atoms with Crippen molar-refractivity contribution in [1.82, 2.24) is 0 Å². The van der Waals surface area contributed by atoms with Crippen molar-refractivity contribution >= 4 is 35.1 Å². The van der Waals surface area contributed by atoms with Crippen molar-refractivity contribution in [3.63, 3.8) is 0 Å². The minimum atomic E-state index is 0.412. The van der Waals surface area contributed by atoms with E-state index in [1.165, 1.54) is 0 Å². The molecule has 0 N–H and O–H groups in total. The Morgan fingerprint density at radius 3 is 2.50 bits per heavy atom. The van der Waals surface area contributed by atoms with E-state index in [0.717, 1.165) is 22.4 Å². The van der Waals surface area contributed by atoms with Gasteiger partial charge in [0.1, 0.15) is 6.61 Å². The lowest BCUT2D eigenvalue weighted by molar-refractivity contribution is 0.269. The number of hydrogen-bond donors (Lipinski definition) is 0. The molecule has 0 aliphatic carbocycles. The molecule has 0 radical (unpaired) electrons. The van der Waals surface area contributed by atoms with Gasteiger partial charge in [0, 0.05) is 11.2 Å². The third-order valence-corrected chi connectivity index (χ3v) is 4.60. The van der Waals surface area contributed by atoms with Gasteiger partial charge in [0.15, 0.2) is 11.5 Å². The van der Waals surface area contributed by atoms with E-state index in [1.54, 1.807) is 6.21 Å². The summed E-state index contributed by atoms with van der Waals surface area (Å²) in [5.41, 5.74) is 3.73. The number of hydrogen-bond acceptors (Lipinski definition) is 3. The van der Waals surface area contributed by atoms with Gasteiger partial charge in [-0.3, -0.25) is 4.99 Å². The molecule has 3 aromatic carbocycles. The van der Waals surface area contributed by atoms with Crippen LogP contribution in [0.1, 0.15) is 23.6 Å². The lowest BCUT2D eigenvalue weighted by Gasteiger charge is -2.14. The zero-order valence-corrected chi connectivity index (χ0v) is 17.3. The van der Waals surface area contributed by atoms with Crippen molar-refractivity contribution in [3.05, 3.63) is 87.4 Å². The molecule has 0 fully saturated rings. The first-order valence-corrected chi connectivity index (χ1v) is 9.75. The van der Waals surface area contributed by atoms with E-state index in [0.29, 0.717) is 34.8 Å². The van der Waals surface area contributed by atoms with Gasteiger partial charge in [0.2, 0.25) is 0 Å². The zero-order chi connectivity index (χ0) is 19.9. The molecule has 0 amide bonds. The monoisotopic (exact) mass is 413 g/mol. The SMILES string of the molecule is CCOc1cc(C=Nc2cc(Cl)ccc2C)cc(Cl)c1OCc1ccccc1. The van der Waals surface area contributed by atoms with Crippen molar-refractivity contribution in [2.24, 2.45) is 4.99 Å². The highest BCUT2D eigenvalue weighted by Gasteiger charge is 2.12. The lowest BCUT2D eigenvalue weighted by Crippen LogP contribution is -2.01. The second-order valence-corrected chi connectivity index (χ2v) is 7.07. The van der Waals surface area contributed by atoms with Crippen LogP contribution in [0.2, 0.25) is 10.0 Å². The third-order valence-electron chi connectivity index (χ3n) is 4.08. The van der Waals surface area contributed by atoms with Crippen LogP contribution in [0.5, 0.6) is 11.5 Å². The Hall–Kier alpha value is -2.49. The van der Waals surface area contributed by atoms with Gasteiger partial charge in [0.25, 0.3) is 0 Å². The topological polar surface area (TPSA) is 30.8 Å². The predicted octanol–water partition coefficient (Wildman–Crippen LogP) is 7.03. The summed E-state index contributed by atoms with van der Waals surface area (Å²) in [5.74, 6) is 1.12. The third kappa shape index (κ3) is 5.28. The molecule has 0 unspecified atom stereocenters. The molecule has 3 nitrogen and oxygen atoms in total. The molecule has 144 valence electrons. The molecule has 0 bridgehead atoms. The fourth-order valence-electron chi connectivity index (χ4n) is 2.66. The largest absolute Gasteiger partial charge is 0.490 e. The van der Waals surface area contributed by atoms with Crippen LogP contribution in [0.25, 0.3) is 0 Å². The summed E-state index contributed by atoms with van der Waals surface area (Å²) in [6.45, 7) is 4.83. The smallest absolute Gasteiger partial charge is 0.180 e. The Morgan fingerprint density at radius 2 is 1.75 bits per heavy atom. The molecule has 0 saturated heterocycles. The molecule has 0 saturated carbocycles. The zero-order valence-electron chi connectivity index (χ0n) is 15.8. The van der Waals surface area contributed by atoms with Crippen molar-refractivity contribution < 1.29 is 9.47 Å². The van der Waals surface area contributed by atoms with E-state index in [-0.39, 0.29) is 0 Å². The van der Waals surface area contributed by atoms with Gasteiger partial charge in [-0.25, -0.2) is 0 Å². The second-order valence-electron chi connectivity index (χ2n) is 6.23. The van der Waals surface area contributed by atoms with Gasteiger partial charge in [-0.2, -0.15) is 0 Å². The minimum absolute atomic E-state index is 0.412. The van der Waals surface area contributed by atoms with Crippen LogP contribution in [0.4, 0.5) is 5.69 Å². The van der Waals surface area contributed by atoms with Crippen molar-refractivity contribution in [1.29, 1.82) is 0 Å². The molecular formula is C23H21Cl2NO2. The number of ether oxygens (including phenoxy) is 2. The summed E-state index contributed by atoms with van der Waals surface area (Å²) in [6.07, 6.45) is 1.74. The molecule has 0 aliphatic heterocycles. The number of halogens is 2. The van der Waals surface area contributed by atoms with Crippen LogP contribution >= 0.6 is 23.2 Å². The molecule has 5 heteroatoms. The van der Waals surface area contributed by atoms with Gasteiger partial charge in [0.05, 0.1) is 17.3 Å². The Bertz CT molecular complexity index is 972. The van der Waals surface area contributed by atoms with Crippen LogP contribution in [-0.4, -0.2) is 12.8 Å². The van der Waals surface area contributed by atoms with Crippen molar-refractivity contribution in [2.45, 2.75) is 20.5 Å². The van der Waals surface area contributed by atoms with E-state index in [1.807, 2.05) is 74.5 Å². The highest BCUT2D eigenvalue weighted by molar-refractivity contribution is 6.32. The fourth-order valence-corrected chi connectivity index (χ4v) is 3.10. The maximum Gasteiger partial charge on any atom is 0.180 e. The molecule has 0 atom stereocenters. The summed E-state index contributed by atoms with van der Waals surface area (Å²) in [5, 5.41) is 1.13. The number of benzene rings is 3. The van der Waals surface area contributed by atoms with Gasteiger partial charge in [-0.1, -0.05) is 59.6 Å². The molecule has 28 heavy (non-hydrogen) atoms. The van der Waals surface area contributed by atoms with Crippen LogP contribution in [0.3, 0.4) is 0 Å². The maximum atomic E-state index is 6.49. The molecule has 0 spiro atoms. The van der Waals surface area contributed by atoms with Crippen LogP contribution in [-0.2, 0) is 6.61 Å². The number of aliphatic imine (C=N–C) groups is 1. The summed E-state index contributed by atoms with van der Waals surface area (Å²) < 4.78 is 11.7. The Kier molecular flexibility index (Phi) is 6.96. The van der Waals surface area contributed by atoms with Crippen molar-refractivity contribution in [3.8, 4) is 11.5 Å². The number of nitrogens with zero attached hydrogens (tertiary/aromatic N) is 1. The molecule has 3 rings (SSSR count). The first kappa shape index (κ1) is 20.2. The van der Waals surface area contributed by atoms with Crippen LogP contribution in [0, 0.1) is 6.92 Å². The highest BCUT2D eigenvalue weighted by atomic mass is 35.5. The molecule has 0 aliphatic rings. The molecular weight excluding hydrogens is 393 g/mol. The van der Waals surface area contributed by atoms with E-state index < -0.39 is 0 Å². The Morgan fingerprint density at radius 1 is 0.964 bits per heavy atom. The van der Waals surface area contributed by atoms with Gasteiger partial charge < -0.3 is 9.47 Å². The normalized spacial score (nSPS) is 11.0. The number of aryl methyl sites for hydroxylation is 1. The fraction of sp³-hybridized carbons (Fsp3) is 0.174. The van der Waals surface area contributed by atoms with Crippen LogP contribution < -0.4 is 9.47 Å². The standard InChI is InChI=1S/C23H21Cl2NO2/c1-3-27-22-12-18(14-26-21-13-19(24)10-9-16(21)2)11-20(25)23(22)28-15-17-7-5-4-6-8-17/h4-14H,3,15H2,1-2H3. The maximum absolute atomic E-state index is 6.49. The lowest BCUT2D eigenvalue weighted by atomic mass is 10.2. The average Bonchev–Trinajstić information content (AvgIpc) is 2.69. The first-order chi connectivity index (χ1) is 13.6. The predicted molar refractivity (Wildman–Crippen MR) is 117 cm³/mol. The first-order valence-electron chi connectivity index (χ1n) is 9.00. The second kappa shape index (κ2) is 9.63. The van der Waals surface area contributed by atoms with Gasteiger partial charge >= 0.3 is 0 Å². The number of rotatable bonds is 7. The molecule has 3 aromatic rings. The summed E-state index contributed by atoms with van der Waals surface area (Å²) in [7, 11) is 0. The summed E-state index contributed by atoms with van der Waals surface area (Å²) in [6, 6.07) is 19.2. The molecule has 0 heterocycles. The average molecular weight is 414 g/mol. The van der Waals surface area contributed by atoms with E-state index in [9.17, 15) is 0 Å². The van der Waals surface area contributed by atoms with Crippen molar-refractivity contribution in [2.75, 3.05) is 6.61 Å². The van der Waals surface area contributed by atoms with E-state index in [4.69, 9.17) is 32.7 Å². The van der Waals surface area contributed by atoms with Crippen LogP contribution in [0.15, 0.2) is 65.7 Å². The van der Waals surface area contributed by atoms with Gasteiger partial charge in [-0.15, -0.1) is 0 Å². The van der Waals surface area contributed by atoms with E-state index >= 15 is 0 Å². The van der Waals surface area contributed by atoms with Gasteiger partial charge in [-0.05, 0) is 54.8 Å². The quantitative estimate of drug-likeness (QED) is 0.389. The summed E-state index contributed by atoms with van der Waals surface area (Å²) in [4.78, 5) is 4.54.